The molecule has 3 rings (SSSR count). The Morgan fingerprint density at radius 1 is 0.974 bits per heavy atom. The lowest BCUT2D eigenvalue weighted by atomic mass is 10.1. The van der Waals surface area contributed by atoms with Crippen molar-refractivity contribution in [3.63, 3.8) is 0 Å². The average Bonchev–Trinajstić information content (AvgIpc) is 2.90. The molecule has 0 saturated carbocycles. The quantitative estimate of drug-likeness (QED) is 0.330. The summed E-state index contributed by atoms with van der Waals surface area (Å²) in [6.45, 7) is 5.52. The van der Waals surface area contributed by atoms with Gasteiger partial charge in [0.25, 0.3) is 10.0 Å². The number of amides is 2. The van der Waals surface area contributed by atoms with E-state index in [-0.39, 0.29) is 28.1 Å². The number of nitrogens with one attached hydrogen (secondary N) is 1. The van der Waals surface area contributed by atoms with E-state index in [0.29, 0.717) is 11.6 Å². The molecular formula is C28H31Cl2N3O4S. The summed E-state index contributed by atoms with van der Waals surface area (Å²) in [5, 5.41) is 3.21. The molecule has 202 valence electrons. The highest BCUT2D eigenvalue weighted by atomic mass is 35.5. The van der Waals surface area contributed by atoms with E-state index < -0.39 is 28.5 Å². The summed E-state index contributed by atoms with van der Waals surface area (Å²) in [6, 6.07) is 18.9. The molecule has 0 aliphatic rings. The Balaban J connectivity index is 2.03. The SMILES string of the molecule is CCCNC(=O)C(C)N(Cc1ccc(C)cc1)C(=O)CN(c1ccc(Cl)cc1Cl)S(=O)(=O)c1ccccc1. The molecule has 7 nitrogen and oxygen atoms in total. The predicted molar refractivity (Wildman–Crippen MR) is 152 cm³/mol. The highest BCUT2D eigenvalue weighted by Crippen LogP contribution is 2.33. The number of anilines is 1. The Morgan fingerprint density at radius 3 is 2.24 bits per heavy atom. The largest absolute Gasteiger partial charge is 0.354 e. The van der Waals surface area contributed by atoms with Crippen molar-refractivity contribution < 1.29 is 18.0 Å². The Labute approximate surface area is 234 Å². The van der Waals surface area contributed by atoms with Crippen LogP contribution < -0.4 is 9.62 Å². The predicted octanol–water partition coefficient (Wildman–Crippen LogP) is 5.44. The van der Waals surface area contributed by atoms with Crippen LogP contribution in [0.4, 0.5) is 5.69 Å². The smallest absolute Gasteiger partial charge is 0.264 e. The van der Waals surface area contributed by atoms with Gasteiger partial charge in [-0.3, -0.25) is 13.9 Å². The van der Waals surface area contributed by atoms with Crippen molar-refractivity contribution in [3.05, 3.63) is 94.0 Å². The molecule has 3 aromatic rings. The van der Waals surface area contributed by atoms with Gasteiger partial charge in [-0.25, -0.2) is 8.42 Å². The van der Waals surface area contributed by atoms with Crippen LogP contribution >= 0.6 is 23.2 Å². The van der Waals surface area contributed by atoms with Crippen LogP contribution in [0.2, 0.25) is 10.0 Å². The maximum atomic E-state index is 13.8. The van der Waals surface area contributed by atoms with Crippen molar-refractivity contribution in [1.82, 2.24) is 10.2 Å². The van der Waals surface area contributed by atoms with E-state index in [2.05, 4.69) is 5.32 Å². The molecule has 0 aromatic heterocycles. The van der Waals surface area contributed by atoms with Gasteiger partial charge in [0.15, 0.2) is 0 Å². The van der Waals surface area contributed by atoms with Gasteiger partial charge in [0.1, 0.15) is 12.6 Å². The van der Waals surface area contributed by atoms with Gasteiger partial charge in [-0.2, -0.15) is 0 Å². The summed E-state index contributed by atoms with van der Waals surface area (Å²) in [5.74, 6) is -0.885. The molecule has 0 spiro atoms. The number of nitrogens with zero attached hydrogens (tertiary/aromatic N) is 2. The third kappa shape index (κ3) is 7.28. The summed E-state index contributed by atoms with van der Waals surface area (Å²) >= 11 is 12.5. The van der Waals surface area contributed by atoms with Gasteiger partial charge in [-0.05, 0) is 56.2 Å². The van der Waals surface area contributed by atoms with Crippen molar-refractivity contribution in [2.45, 2.75) is 44.7 Å². The number of sulfonamides is 1. The number of benzene rings is 3. The Bertz CT molecular complexity index is 1370. The van der Waals surface area contributed by atoms with Crippen LogP contribution in [0, 0.1) is 6.92 Å². The first-order valence-electron chi connectivity index (χ1n) is 12.2. The molecule has 1 atom stereocenters. The summed E-state index contributed by atoms with van der Waals surface area (Å²) in [5.41, 5.74) is 1.96. The minimum Gasteiger partial charge on any atom is -0.354 e. The number of aryl methyl sites for hydroxylation is 1. The maximum absolute atomic E-state index is 13.8. The number of carbonyl (C=O) groups is 2. The van der Waals surface area contributed by atoms with Gasteiger partial charge >= 0.3 is 0 Å². The molecule has 1 unspecified atom stereocenters. The topological polar surface area (TPSA) is 86.8 Å². The van der Waals surface area contributed by atoms with E-state index in [9.17, 15) is 18.0 Å². The Hall–Kier alpha value is -3.07. The number of hydrogen-bond acceptors (Lipinski definition) is 4. The van der Waals surface area contributed by atoms with Crippen LogP contribution in [0.3, 0.4) is 0 Å². The van der Waals surface area contributed by atoms with Gasteiger partial charge in [0, 0.05) is 18.1 Å². The fraction of sp³-hybridized carbons (Fsp3) is 0.286. The molecule has 0 aliphatic carbocycles. The monoisotopic (exact) mass is 575 g/mol. The highest BCUT2D eigenvalue weighted by molar-refractivity contribution is 7.92. The average molecular weight is 577 g/mol. The molecule has 0 heterocycles. The van der Waals surface area contributed by atoms with Gasteiger partial charge in [0.2, 0.25) is 11.8 Å². The molecular weight excluding hydrogens is 545 g/mol. The molecule has 0 fully saturated rings. The first-order chi connectivity index (χ1) is 18.0. The van der Waals surface area contributed by atoms with Gasteiger partial charge in [-0.1, -0.05) is 78.2 Å². The van der Waals surface area contributed by atoms with E-state index in [0.717, 1.165) is 21.9 Å². The number of hydrogen-bond donors (Lipinski definition) is 1. The van der Waals surface area contributed by atoms with E-state index in [1.807, 2.05) is 38.1 Å². The van der Waals surface area contributed by atoms with Crippen LogP contribution in [0.15, 0.2) is 77.7 Å². The molecule has 0 saturated heterocycles. The lowest BCUT2D eigenvalue weighted by molar-refractivity contribution is -0.139. The van der Waals surface area contributed by atoms with E-state index in [1.165, 1.54) is 35.2 Å². The third-order valence-electron chi connectivity index (χ3n) is 5.98. The molecule has 0 bridgehead atoms. The second kappa shape index (κ2) is 13.1. The zero-order chi connectivity index (χ0) is 27.9. The molecule has 0 aliphatic heterocycles. The fourth-order valence-corrected chi connectivity index (χ4v) is 5.80. The standard InChI is InChI=1S/C28H31Cl2N3O4S/c1-4-16-31-28(35)21(3)32(18-22-12-10-20(2)11-13-22)27(34)19-33(26-15-14-23(29)17-25(26)30)38(36,37)24-8-6-5-7-9-24/h5-15,17,21H,4,16,18-19H2,1-3H3,(H,31,35). The molecule has 3 aromatic carbocycles. The van der Waals surface area contributed by atoms with Gasteiger partial charge in [-0.15, -0.1) is 0 Å². The van der Waals surface area contributed by atoms with E-state index in [1.54, 1.807) is 25.1 Å². The maximum Gasteiger partial charge on any atom is 0.264 e. The normalized spacial score (nSPS) is 12.0. The van der Waals surface area contributed by atoms with Crippen molar-refractivity contribution >= 4 is 50.7 Å². The Kier molecular flexibility index (Phi) is 10.2. The molecule has 0 radical (unpaired) electrons. The van der Waals surface area contributed by atoms with Crippen molar-refractivity contribution in [1.29, 1.82) is 0 Å². The summed E-state index contributed by atoms with van der Waals surface area (Å²) in [7, 11) is -4.20. The minimum absolute atomic E-state index is 0.00219. The number of rotatable bonds is 11. The van der Waals surface area contributed by atoms with Crippen molar-refractivity contribution in [3.8, 4) is 0 Å². The molecule has 2 amide bonds. The molecule has 1 N–H and O–H groups in total. The fourth-order valence-electron chi connectivity index (χ4n) is 3.79. The van der Waals surface area contributed by atoms with E-state index >= 15 is 0 Å². The van der Waals surface area contributed by atoms with Gasteiger partial charge < -0.3 is 10.2 Å². The summed E-state index contributed by atoms with van der Waals surface area (Å²) in [4.78, 5) is 28.1. The summed E-state index contributed by atoms with van der Waals surface area (Å²) < 4.78 is 28.5. The Morgan fingerprint density at radius 2 is 1.63 bits per heavy atom. The highest BCUT2D eigenvalue weighted by Gasteiger charge is 2.33. The lowest BCUT2D eigenvalue weighted by Crippen LogP contribution is -2.51. The molecule has 38 heavy (non-hydrogen) atoms. The van der Waals surface area contributed by atoms with Crippen LogP contribution in [0.25, 0.3) is 0 Å². The van der Waals surface area contributed by atoms with Crippen molar-refractivity contribution in [2.24, 2.45) is 0 Å². The minimum atomic E-state index is -4.20. The van der Waals surface area contributed by atoms with Crippen LogP contribution in [0.1, 0.15) is 31.4 Å². The van der Waals surface area contributed by atoms with Crippen LogP contribution in [-0.4, -0.2) is 44.3 Å². The summed E-state index contributed by atoms with van der Waals surface area (Å²) in [6.07, 6.45) is 0.739. The lowest BCUT2D eigenvalue weighted by Gasteiger charge is -2.32. The van der Waals surface area contributed by atoms with Crippen molar-refractivity contribution in [2.75, 3.05) is 17.4 Å². The number of carbonyl (C=O) groups excluding carboxylic acids is 2. The molecule has 10 heteroatoms. The second-order valence-electron chi connectivity index (χ2n) is 8.89. The van der Waals surface area contributed by atoms with E-state index in [4.69, 9.17) is 23.2 Å². The van der Waals surface area contributed by atoms with Crippen LogP contribution in [-0.2, 0) is 26.2 Å². The third-order valence-corrected chi connectivity index (χ3v) is 8.29. The zero-order valence-electron chi connectivity index (χ0n) is 21.5. The number of halogens is 2. The first kappa shape index (κ1) is 29.5. The van der Waals surface area contributed by atoms with Gasteiger partial charge in [0.05, 0.1) is 15.6 Å². The van der Waals surface area contributed by atoms with Crippen LogP contribution in [0.5, 0.6) is 0 Å². The first-order valence-corrected chi connectivity index (χ1v) is 14.4. The zero-order valence-corrected chi connectivity index (χ0v) is 23.9. The second-order valence-corrected chi connectivity index (χ2v) is 11.6.